The maximum atomic E-state index is 13.0. The van der Waals surface area contributed by atoms with Crippen molar-refractivity contribution in [2.75, 3.05) is 20.3 Å². The molecule has 0 spiro atoms. The summed E-state index contributed by atoms with van der Waals surface area (Å²) in [6.07, 6.45) is 3.25. The van der Waals surface area contributed by atoms with E-state index in [1.54, 1.807) is 13.8 Å². The van der Waals surface area contributed by atoms with Gasteiger partial charge in [-0.3, -0.25) is 33.4 Å². The van der Waals surface area contributed by atoms with E-state index in [2.05, 4.69) is 25.1 Å². The zero-order valence-electron chi connectivity index (χ0n) is 17.8. The van der Waals surface area contributed by atoms with Crippen LogP contribution >= 0.6 is 7.75 Å². The van der Waals surface area contributed by atoms with Crippen molar-refractivity contribution in [3.63, 3.8) is 0 Å². The Kier molecular flexibility index (Phi) is 8.63. The van der Waals surface area contributed by atoms with Crippen LogP contribution < -0.4 is 10.4 Å². The molecule has 1 fully saturated rings. The molecule has 0 saturated carbocycles. The zero-order chi connectivity index (χ0) is 23.1. The summed E-state index contributed by atoms with van der Waals surface area (Å²) in [5.74, 6) is -1.75. The molecule has 0 unspecified atom stereocenters. The lowest BCUT2D eigenvalue weighted by atomic mass is 9.87. The molecule has 13 heteroatoms. The summed E-state index contributed by atoms with van der Waals surface area (Å²) in [5.41, 5.74) is -0.356. The molecular weight excluding hydrogens is 431 g/mol. The van der Waals surface area contributed by atoms with Crippen molar-refractivity contribution in [2.45, 2.75) is 45.9 Å². The van der Waals surface area contributed by atoms with E-state index in [0.717, 1.165) is 0 Å². The Morgan fingerprint density at radius 3 is 2.74 bits per heavy atom. The summed E-state index contributed by atoms with van der Waals surface area (Å²) < 4.78 is 33.5. The quantitative estimate of drug-likeness (QED) is 0.397. The van der Waals surface area contributed by atoms with Crippen molar-refractivity contribution < 1.29 is 37.5 Å². The minimum absolute atomic E-state index is 0.0174. The number of hydrogen-bond acceptors (Lipinski definition) is 10. The molecule has 1 amide bonds. The molecule has 1 saturated heterocycles. The summed E-state index contributed by atoms with van der Waals surface area (Å²) in [4.78, 5) is 43.8. The fourth-order valence-corrected chi connectivity index (χ4v) is 4.49. The molecule has 1 aliphatic rings. The van der Waals surface area contributed by atoms with E-state index in [9.17, 15) is 18.9 Å². The van der Waals surface area contributed by atoms with Crippen molar-refractivity contribution in [3.05, 3.63) is 24.3 Å². The molecule has 1 aromatic rings. The highest BCUT2D eigenvalue weighted by atomic mass is 31.2. The summed E-state index contributed by atoms with van der Waals surface area (Å²) >= 11 is 0. The number of amides is 1. The second kappa shape index (κ2) is 10.8. The van der Waals surface area contributed by atoms with Crippen LogP contribution in [0.2, 0.25) is 0 Å². The number of nitrogens with one attached hydrogen (secondary N) is 2. The number of nitrogens with zero attached hydrogens (tertiary/aromatic N) is 2. The Bertz CT molecular complexity index is 835. The van der Waals surface area contributed by atoms with E-state index >= 15 is 0 Å². The molecule has 0 radical (unpaired) electrons. The van der Waals surface area contributed by atoms with Crippen LogP contribution in [0.15, 0.2) is 18.6 Å². The van der Waals surface area contributed by atoms with Gasteiger partial charge in [0.05, 0.1) is 32.0 Å². The second-order valence-electron chi connectivity index (χ2n) is 7.52. The number of aromatic nitrogens is 2. The lowest BCUT2D eigenvalue weighted by Crippen LogP contribution is -2.51. The first-order valence-corrected chi connectivity index (χ1v) is 11.1. The van der Waals surface area contributed by atoms with Gasteiger partial charge in [0.25, 0.3) is 0 Å². The van der Waals surface area contributed by atoms with Gasteiger partial charge in [0, 0.05) is 24.4 Å². The fraction of sp³-hybridized carbons (Fsp3) is 0.611. The van der Waals surface area contributed by atoms with Gasteiger partial charge in [-0.2, -0.15) is 0 Å². The lowest BCUT2D eigenvalue weighted by Gasteiger charge is -2.40. The lowest BCUT2D eigenvalue weighted by molar-refractivity contribution is -0.147. The van der Waals surface area contributed by atoms with Crippen LogP contribution in [0.3, 0.4) is 0 Å². The average Bonchev–Trinajstić information content (AvgIpc) is 2.74. The fourth-order valence-electron chi connectivity index (χ4n) is 2.56. The standard InChI is InChI=1S/C18H27N4O8P/c1-12(17(25)28-10-13-9-19-7-8-20-13)22-31(26)29-11-18(2,3)15(30-31)16(24)21-6-5-14(23)27-4/h7-9,12,15H,5-6,10-11H2,1-4H3,(H,21,24)(H,22,26)/t12-,15+,31-/m1/s1. The Balaban J connectivity index is 1.94. The first-order valence-electron chi connectivity index (χ1n) is 9.53. The Morgan fingerprint density at radius 1 is 1.35 bits per heavy atom. The van der Waals surface area contributed by atoms with Crippen molar-refractivity contribution in [2.24, 2.45) is 5.41 Å². The molecule has 2 rings (SSSR count). The first-order chi connectivity index (χ1) is 14.6. The van der Waals surface area contributed by atoms with Gasteiger partial charge < -0.3 is 14.8 Å². The molecule has 3 atom stereocenters. The van der Waals surface area contributed by atoms with Gasteiger partial charge in [-0.1, -0.05) is 13.8 Å². The third kappa shape index (κ3) is 7.35. The van der Waals surface area contributed by atoms with Gasteiger partial charge in [-0.05, 0) is 6.92 Å². The van der Waals surface area contributed by atoms with Crippen molar-refractivity contribution in [3.8, 4) is 0 Å². The van der Waals surface area contributed by atoms with Crippen LogP contribution in [0.5, 0.6) is 0 Å². The number of rotatable bonds is 9. The summed E-state index contributed by atoms with van der Waals surface area (Å²) in [7, 11) is -2.75. The summed E-state index contributed by atoms with van der Waals surface area (Å²) in [6, 6.07) is -1.05. The SMILES string of the molecule is COC(=O)CCNC(=O)[C@@H]1O[P@@](=O)(N[C@H](C)C(=O)OCc2cnccn2)OCC1(C)C. The smallest absolute Gasteiger partial charge is 0.407 e. The van der Waals surface area contributed by atoms with E-state index in [0.29, 0.717) is 5.69 Å². The number of hydrogen-bond donors (Lipinski definition) is 2. The van der Waals surface area contributed by atoms with Gasteiger partial charge in [-0.25, -0.2) is 9.65 Å². The van der Waals surface area contributed by atoms with Crippen LogP contribution in [0.25, 0.3) is 0 Å². The number of ether oxygens (including phenoxy) is 2. The van der Waals surface area contributed by atoms with Crippen LogP contribution in [-0.2, 0) is 44.1 Å². The molecule has 2 N–H and O–H groups in total. The third-order valence-corrected chi connectivity index (χ3v) is 6.00. The molecule has 12 nitrogen and oxygen atoms in total. The minimum atomic E-state index is -4.00. The maximum absolute atomic E-state index is 13.0. The largest absolute Gasteiger partial charge is 0.469 e. The topological polar surface area (TPSA) is 155 Å². The molecule has 0 aliphatic carbocycles. The van der Waals surface area contributed by atoms with E-state index in [4.69, 9.17) is 13.8 Å². The molecule has 31 heavy (non-hydrogen) atoms. The van der Waals surface area contributed by atoms with Gasteiger partial charge >= 0.3 is 19.7 Å². The molecule has 0 aromatic carbocycles. The van der Waals surface area contributed by atoms with Gasteiger partial charge in [-0.15, -0.1) is 0 Å². The van der Waals surface area contributed by atoms with Crippen LogP contribution in [-0.4, -0.2) is 60.2 Å². The average molecular weight is 458 g/mol. The number of carbonyl (C=O) groups excluding carboxylic acids is 3. The summed E-state index contributed by atoms with van der Waals surface area (Å²) in [5, 5.41) is 5.04. The molecule has 172 valence electrons. The molecule has 0 bridgehead atoms. The molecular formula is C18H27N4O8P. The van der Waals surface area contributed by atoms with Crippen LogP contribution in [0, 0.1) is 5.41 Å². The van der Waals surface area contributed by atoms with Crippen molar-refractivity contribution >= 4 is 25.6 Å². The van der Waals surface area contributed by atoms with Crippen molar-refractivity contribution in [1.29, 1.82) is 0 Å². The van der Waals surface area contributed by atoms with Crippen LogP contribution in [0.1, 0.15) is 32.9 Å². The minimum Gasteiger partial charge on any atom is -0.469 e. The van der Waals surface area contributed by atoms with Gasteiger partial charge in [0.2, 0.25) is 5.91 Å². The monoisotopic (exact) mass is 458 g/mol. The van der Waals surface area contributed by atoms with E-state index in [1.165, 1.54) is 32.6 Å². The maximum Gasteiger partial charge on any atom is 0.407 e. The molecule has 1 aromatic heterocycles. The zero-order valence-corrected chi connectivity index (χ0v) is 18.7. The highest BCUT2D eigenvalue weighted by Gasteiger charge is 2.49. The predicted octanol–water partition coefficient (Wildman–Crippen LogP) is 0.727. The Hall–Kier alpha value is -2.40. The highest BCUT2D eigenvalue weighted by Crippen LogP contribution is 2.53. The predicted molar refractivity (Wildman–Crippen MR) is 106 cm³/mol. The normalized spacial score (nSPS) is 23.4. The third-order valence-electron chi connectivity index (χ3n) is 4.34. The van der Waals surface area contributed by atoms with E-state index < -0.39 is 43.2 Å². The van der Waals surface area contributed by atoms with Crippen molar-refractivity contribution in [1.82, 2.24) is 20.4 Å². The second-order valence-corrected chi connectivity index (χ2v) is 9.24. The molecule has 2 heterocycles. The first kappa shape index (κ1) is 24.9. The highest BCUT2D eigenvalue weighted by molar-refractivity contribution is 7.51. The Labute approximate surface area is 180 Å². The number of esters is 2. The van der Waals surface area contributed by atoms with E-state index in [1.807, 2.05) is 0 Å². The molecule has 1 aliphatic heterocycles. The van der Waals surface area contributed by atoms with Gasteiger partial charge in [0.1, 0.15) is 12.6 Å². The Morgan fingerprint density at radius 2 is 2.10 bits per heavy atom. The summed E-state index contributed by atoms with van der Waals surface area (Å²) in [6.45, 7) is 4.71. The van der Waals surface area contributed by atoms with Gasteiger partial charge in [0.15, 0.2) is 6.10 Å². The van der Waals surface area contributed by atoms with E-state index in [-0.39, 0.29) is 26.2 Å². The van der Waals surface area contributed by atoms with Crippen LogP contribution in [0.4, 0.5) is 0 Å². The number of carbonyl (C=O) groups is 3. The number of methoxy groups -OCH3 is 1.